The third-order valence-electron chi connectivity index (χ3n) is 5.05. The van der Waals surface area contributed by atoms with E-state index >= 15 is 0 Å². The Labute approximate surface area is 176 Å². The largest absolute Gasteiger partial charge is 0.472 e. The van der Waals surface area contributed by atoms with Crippen molar-refractivity contribution in [1.29, 1.82) is 0 Å². The van der Waals surface area contributed by atoms with Crippen LogP contribution in [-0.4, -0.2) is 34.3 Å². The summed E-state index contributed by atoms with van der Waals surface area (Å²) in [7, 11) is 0. The minimum absolute atomic E-state index is 0.0216. The maximum atomic E-state index is 14.7. The number of halogens is 3. The van der Waals surface area contributed by atoms with Crippen molar-refractivity contribution >= 4 is 22.4 Å². The van der Waals surface area contributed by atoms with E-state index in [1.54, 1.807) is 26.1 Å². The molecule has 3 heterocycles. The molecule has 1 aliphatic heterocycles. The molecule has 10 heteroatoms. The molecule has 7 nitrogen and oxygen atoms in total. The standard InChI is InChI=1S/C21H22F3N5O2/c1-10(14-5-12(25)6-16(19(14)22)20(23)24)27-21-15-7-18(31-13-3-4-30-9-13)26-8-17(15)28-11(2)29-21/h5-8,10,13,20H,3-4,9,25H2,1-2H3,(H,27,28,29)/t10-,13+/m1/s1. The lowest BCUT2D eigenvalue weighted by Gasteiger charge is -2.19. The number of hydrogen-bond donors (Lipinski definition) is 2. The van der Waals surface area contributed by atoms with Crippen LogP contribution in [0.5, 0.6) is 5.88 Å². The Morgan fingerprint density at radius 1 is 1.23 bits per heavy atom. The van der Waals surface area contributed by atoms with Gasteiger partial charge in [-0.05, 0) is 26.0 Å². The highest BCUT2D eigenvalue weighted by atomic mass is 19.3. The number of nitrogens with two attached hydrogens (primary N) is 1. The fraction of sp³-hybridized carbons (Fsp3) is 0.381. The predicted molar refractivity (Wildman–Crippen MR) is 110 cm³/mol. The topological polar surface area (TPSA) is 95.2 Å². The Morgan fingerprint density at radius 2 is 2.00 bits per heavy atom. The van der Waals surface area contributed by atoms with E-state index in [1.165, 1.54) is 6.07 Å². The Balaban J connectivity index is 1.68. The van der Waals surface area contributed by atoms with Crippen LogP contribution in [-0.2, 0) is 4.74 Å². The monoisotopic (exact) mass is 433 g/mol. The van der Waals surface area contributed by atoms with Gasteiger partial charge in [-0.2, -0.15) is 0 Å². The Hall–Kier alpha value is -3.14. The number of ether oxygens (including phenoxy) is 2. The van der Waals surface area contributed by atoms with E-state index in [0.717, 1.165) is 12.5 Å². The van der Waals surface area contributed by atoms with Gasteiger partial charge in [0.1, 0.15) is 23.6 Å². The van der Waals surface area contributed by atoms with Crippen LogP contribution in [0.1, 0.15) is 42.8 Å². The fourth-order valence-electron chi connectivity index (χ4n) is 3.53. The van der Waals surface area contributed by atoms with Crippen molar-refractivity contribution in [2.45, 2.75) is 38.8 Å². The Morgan fingerprint density at radius 3 is 2.71 bits per heavy atom. The molecular formula is C21H22F3N5O2. The average Bonchev–Trinajstić information content (AvgIpc) is 3.22. The number of aromatic nitrogens is 3. The number of pyridine rings is 1. The number of fused-ring (bicyclic) bond motifs is 1. The molecule has 0 radical (unpaired) electrons. The van der Waals surface area contributed by atoms with Gasteiger partial charge < -0.3 is 20.5 Å². The number of anilines is 2. The minimum atomic E-state index is -2.97. The zero-order chi connectivity index (χ0) is 22.1. The van der Waals surface area contributed by atoms with E-state index in [1.807, 2.05) is 0 Å². The highest BCUT2D eigenvalue weighted by molar-refractivity contribution is 5.89. The second kappa shape index (κ2) is 8.54. The van der Waals surface area contributed by atoms with Gasteiger partial charge in [-0.15, -0.1) is 0 Å². The van der Waals surface area contributed by atoms with Gasteiger partial charge in [-0.1, -0.05) is 0 Å². The molecule has 0 unspecified atom stereocenters. The number of rotatable bonds is 6. The first-order valence-electron chi connectivity index (χ1n) is 9.84. The van der Waals surface area contributed by atoms with E-state index in [0.29, 0.717) is 41.6 Å². The summed E-state index contributed by atoms with van der Waals surface area (Å²) in [6.07, 6.45) is -0.711. The number of nitrogens with one attached hydrogen (secondary N) is 1. The first-order chi connectivity index (χ1) is 14.8. The minimum Gasteiger partial charge on any atom is -0.472 e. The maximum absolute atomic E-state index is 14.7. The first-order valence-corrected chi connectivity index (χ1v) is 9.84. The summed E-state index contributed by atoms with van der Waals surface area (Å²) in [6.45, 7) is 4.49. The molecule has 0 spiro atoms. The van der Waals surface area contributed by atoms with Crippen molar-refractivity contribution in [3.63, 3.8) is 0 Å². The molecular weight excluding hydrogens is 411 g/mol. The zero-order valence-electron chi connectivity index (χ0n) is 17.0. The summed E-state index contributed by atoms with van der Waals surface area (Å²) in [6, 6.07) is 3.29. The maximum Gasteiger partial charge on any atom is 0.266 e. The molecule has 1 fully saturated rings. The van der Waals surface area contributed by atoms with Crippen molar-refractivity contribution < 1.29 is 22.6 Å². The van der Waals surface area contributed by atoms with Crippen molar-refractivity contribution in [3.8, 4) is 5.88 Å². The van der Waals surface area contributed by atoms with Crippen LogP contribution in [0.25, 0.3) is 10.9 Å². The molecule has 1 saturated heterocycles. The summed E-state index contributed by atoms with van der Waals surface area (Å²) in [5.74, 6) is 0.279. The number of alkyl halides is 2. The summed E-state index contributed by atoms with van der Waals surface area (Å²) >= 11 is 0. The van der Waals surface area contributed by atoms with E-state index in [2.05, 4.69) is 20.3 Å². The van der Waals surface area contributed by atoms with E-state index in [9.17, 15) is 13.2 Å². The highest BCUT2D eigenvalue weighted by Crippen LogP contribution is 2.33. The molecule has 3 N–H and O–H groups in total. The normalized spacial score (nSPS) is 17.3. The van der Waals surface area contributed by atoms with Crippen molar-refractivity contribution in [3.05, 3.63) is 47.2 Å². The molecule has 31 heavy (non-hydrogen) atoms. The SMILES string of the molecule is Cc1nc(N[C@H](C)c2cc(N)cc(C(F)F)c2F)c2cc(O[C@H]3CCOC3)ncc2n1. The van der Waals surface area contributed by atoms with Crippen molar-refractivity contribution in [2.75, 3.05) is 24.3 Å². The van der Waals surface area contributed by atoms with Crippen molar-refractivity contribution in [1.82, 2.24) is 15.0 Å². The van der Waals surface area contributed by atoms with Gasteiger partial charge in [0.2, 0.25) is 5.88 Å². The molecule has 0 bridgehead atoms. The van der Waals surface area contributed by atoms with E-state index in [-0.39, 0.29) is 17.4 Å². The molecule has 0 saturated carbocycles. The number of aryl methyl sites for hydroxylation is 1. The molecule has 4 rings (SSSR count). The predicted octanol–water partition coefficient (Wildman–Crippen LogP) is 4.33. The number of benzene rings is 1. The lowest BCUT2D eigenvalue weighted by atomic mass is 10.0. The lowest BCUT2D eigenvalue weighted by Crippen LogP contribution is -2.16. The molecule has 1 aromatic carbocycles. The third kappa shape index (κ3) is 4.48. The Bertz CT molecular complexity index is 1110. The first kappa shape index (κ1) is 21.1. The van der Waals surface area contributed by atoms with Gasteiger partial charge in [0, 0.05) is 29.1 Å². The van der Waals surface area contributed by atoms with Crippen LogP contribution >= 0.6 is 0 Å². The second-order valence-corrected chi connectivity index (χ2v) is 7.44. The summed E-state index contributed by atoms with van der Waals surface area (Å²) in [5, 5.41) is 3.71. The van der Waals surface area contributed by atoms with E-state index < -0.39 is 23.8 Å². The fourth-order valence-corrected chi connectivity index (χ4v) is 3.53. The van der Waals surface area contributed by atoms with Crippen LogP contribution < -0.4 is 15.8 Å². The average molecular weight is 433 g/mol. The number of nitrogen functional groups attached to an aromatic ring is 1. The molecule has 0 amide bonds. The molecule has 2 aromatic heterocycles. The van der Waals surface area contributed by atoms with Crippen LogP contribution in [0.3, 0.4) is 0 Å². The van der Waals surface area contributed by atoms with Gasteiger partial charge in [0.25, 0.3) is 6.43 Å². The quantitative estimate of drug-likeness (QED) is 0.559. The summed E-state index contributed by atoms with van der Waals surface area (Å²) in [5.41, 5.74) is 5.64. The third-order valence-corrected chi connectivity index (χ3v) is 5.05. The highest BCUT2D eigenvalue weighted by Gasteiger charge is 2.22. The summed E-state index contributed by atoms with van der Waals surface area (Å²) in [4.78, 5) is 13.1. The van der Waals surface area contributed by atoms with Gasteiger partial charge in [-0.3, -0.25) is 0 Å². The number of hydrogen-bond acceptors (Lipinski definition) is 7. The molecule has 2 atom stereocenters. The van der Waals surface area contributed by atoms with Crippen LogP contribution in [0.2, 0.25) is 0 Å². The summed E-state index contributed by atoms with van der Waals surface area (Å²) < 4.78 is 52.2. The molecule has 1 aliphatic rings. The van der Waals surface area contributed by atoms with Gasteiger partial charge in [0.15, 0.2) is 0 Å². The van der Waals surface area contributed by atoms with Crippen LogP contribution in [0.15, 0.2) is 24.4 Å². The van der Waals surface area contributed by atoms with Gasteiger partial charge >= 0.3 is 0 Å². The van der Waals surface area contributed by atoms with Crippen molar-refractivity contribution in [2.24, 2.45) is 0 Å². The van der Waals surface area contributed by atoms with Gasteiger partial charge in [-0.25, -0.2) is 28.1 Å². The van der Waals surface area contributed by atoms with Crippen LogP contribution in [0, 0.1) is 12.7 Å². The Kier molecular flexibility index (Phi) is 5.81. The number of nitrogens with zero attached hydrogens (tertiary/aromatic N) is 3. The lowest BCUT2D eigenvalue weighted by molar-refractivity contribution is 0.138. The van der Waals surface area contributed by atoms with Gasteiger partial charge in [0.05, 0.1) is 36.5 Å². The molecule has 164 valence electrons. The zero-order valence-corrected chi connectivity index (χ0v) is 17.0. The second-order valence-electron chi connectivity index (χ2n) is 7.44. The molecule has 0 aliphatic carbocycles. The van der Waals surface area contributed by atoms with E-state index in [4.69, 9.17) is 15.2 Å². The van der Waals surface area contributed by atoms with Crippen LogP contribution in [0.4, 0.5) is 24.7 Å². The smallest absolute Gasteiger partial charge is 0.266 e. The molecule has 3 aromatic rings.